The highest BCUT2D eigenvalue weighted by Crippen LogP contribution is 2.38. The maximum absolute atomic E-state index is 14.0. The minimum Gasteiger partial charge on any atom is -0.471 e. The first-order valence-electron chi connectivity index (χ1n) is 15.5. The zero-order valence-corrected chi connectivity index (χ0v) is 26.7. The van der Waals surface area contributed by atoms with Crippen LogP contribution in [0.3, 0.4) is 0 Å². The van der Waals surface area contributed by atoms with Crippen molar-refractivity contribution in [2.75, 3.05) is 6.61 Å². The third kappa shape index (κ3) is 9.08. The summed E-state index contributed by atoms with van der Waals surface area (Å²) < 4.78 is 152. The van der Waals surface area contributed by atoms with Crippen LogP contribution in [-0.2, 0) is 32.4 Å². The van der Waals surface area contributed by atoms with Crippen molar-refractivity contribution in [3.8, 4) is 5.88 Å². The number of hydrogen-bond acceptors (Lipinski definition) is 6. The summed E-state index contributed by atoms with van der Waals surface area (Å²) >= 11 is 0. The molecule has 2 amide bonds. The summed E-state index contributed by atoms with van der Waals surface area (Å²) in [5, 5.41) is 8.14. The van der Waals surface area contributed by atoms with E-state index in [-0.39, 0.29) is 65.9 Å². The quantitative estimate of drug-likeness (QED) is 0.154. The van der Waals surface area contributed by atoms with Crippen LogP contribution >= 0.6 is 0 Å². The Kier molecular flexibility index (Phi) is 10.7. The number of benzene rings is 1. The van der Waals surface area contributed by atoms with Gasteiger partial charge in [-0.2, -0.15) is 49.6 Å². The van der Waals surface area contributed by atoms with Gasteiger partial charge in [-0.05, 0) is 48.9 Å². The number of H-pyrrole nitrogens is 1. The van der Waals surface area contributed by atoms with Gasteiger partial charge in [0.15, 0.2) is 17.9 Å². The topological polar surface area (TPSA) is 127 Å². The van der Waals surface area contributed by atoms with Crippen molar-refractivity contribution in [3.63, 3.8) is 0 Å². The molecule has 1 saturated carbocycles. The van der Waals surface area contributed by atoms with E-state index in [1.165, 1.54) is 0 Å². The highest BCUT2D eigenvalue weighted by atomic mass is 19.4. The lowest BCUT2D eigenvalue weighted by Gasteiger charge is -2.30. The van der Waals surface area contributed by atoms with Crippen LogP contribution in [0.1, 0.15) is 74.7 Å². The van der Waals surface area contributed by atoms with Gasteiger partial charge in [-0.3, -0.25) is 14.3 Å². The van der Waals surface area contributed by atoms with Crippen LogP contribution < -0.4 is 15.4 Å². The first-order valence-corrected chi connectivity index (χ1v) is 15.5. The normalized spacial score (nSPS) is 17.1. The van der Waals surface area contributed by atoms with Crippen molar-refractivity contribution < 1.29 is 62.6 Å². The number of amides is 2. The minimum atomic E-state index is -4.86. The molecule has 10 nitrogen and oxygen atoms in total. The third-order valence-electron chi connectivity index (χ3n) is 8.29. The first kappa shape index (κ1) is 38.3. The zero-order chi connectivity index (χ0) is 38.2. The van der Waals surface area contributed by atoms with Gasteiger partial charge < -0.3 is 20.4 Å². The van der Waals surface area contributed by atoms with Crippen LogP contribution in [0.25, 0.3) is 11.2 Å². The average molecular weight is 756 g/mol. The van der Waals surface area contributed by atoms with E-state index in [1.54, 1.807) is 0 Å². The van der Waals surface area contributed by atoms with Gasteiger partial charge in [0.2, 0.25) is 5.88 Å². The van der Waals surface area contributed by atoms with Gasteiger partial charge in [0.1, 0.15) is 17.1 Å². The second-order valence-electron chi connectivity index (χ2n) is 12.0. The third-order valence-corrected chi connectivity index (χ3v) is 8.29. The summed E-state index contributed by atoms with van der Waals surface area (Å²) in [6.07, 6.45) is -18.0. The van der Waals surface area contributed by atoms with Gasteiger partial charge in [-0.1, -0.05) is 12.1 Å². The highest BCUT2D eigenvalue weighted by molar-refractivity contribution is 5.99. The summed E-state index contributed by atoms with van der Waals surface area (Å²) in [4.78, 5) is 36.6. The standard InChI is InChI=1S/C31H28F11N7O3/c1-49-21(11-22(48-49)31(40,41)42)27(51)43-12-14-2-7-19(30(37,38)39)15(8-14)9-24-45-20-10-18(28(47-25(20)46-24)52-13-23(32)33)26(50)44-17-5-3-16(4-6-17)29(34,35)36/h2,7-8,10-11,16-17,23H,3-6,9,12-13H2,1H3,(H,43,51)(H,44,50)(H,45,46,47). The number of ether oxygens (including phenoxy) is 1. The molecule has 3 N–H and O–H groups in total. The molecule has 0 atom stereocenters. The van der Waals surface area contributed by atoms with Crippen LogP contribution in [0.2, 0.25) is 0 Å². The second kappa shape index (κ2) is 14.6. The first-order chi connectivity index (χ1) is 24.2. The number of imidazole rings is 1. The molecule has 0 saturated heterocycles. The van der Waals surface area contributed by atoms with Crippen LogP contribution in [-0.4, -0.2) is 61.8 Å². The summed E-state index contributed by atoms with van der Waals surface area (Å²) in [6, 6.07) is 3.87. The monoisotopic (exact) mass is 755 g/mol. The summed E-state index contributed by atoms with van der Waals surface area (Å²) in [5.41, 5.74) is -3.65. The number of pyridine rings is 1. The van der Waals surface area contributed by atoms with Crippen molar-refractivity contribution in [2.45, 2.75) is 69.6 Å². The molecule has 3 aromatic heterocycles. The molecule has 1 fully saturated rings. The van der Waals surface area contributed by atoms with E-state index in [1.807, 2.05) is 0 Å². The lowest BCUT2D eigenvalue weighted by Crippen LogP contribution is -2.40. The van der Waals surface area contributed by atoms with Gasteiger partial charge in [0, 0.05) is 32.1 Å². The second-order valence-corrected chi connectivity index (χ2v) is 12.0. The van der Waals surface area contributed by atoms with Gasteiger partial charge >= 0.3 is 18.5 Å². The number of aryl methyl sites for hydroxylation is 1. The van der Waals surface area contributed by atoms with E-state index < -0.39 is 84.6 Å². The van der Waals surface area contributed by atoms with E-state index in [0.29, 0.717) is 10.7 Å². The summed E-state index contributed by atoms with van der Waals surface area (Å²) in [5.74, 6) is -4.09. The van der Waals surface area contributed by atoms with Gasteiger partial charge in [-0.15, -0.1) is 0 Å². The largest absolute Gasteiger partial charge is 0.471 e. The molecule has 0 unspecified atom stereocenters. The number of hydrogen-bond donors (Lipinski definition) is 3. The number of aromatic nitrogens is 5. The van der Waals surface area contributed by atoms with Crippen molar-refractivity contribution in [1.29, 1.82) is 0 Å². The van der Waals surface area contributed by atoms with E-state index >= 15 is 0 Å². The molecular weight excluding hydrogens is 727 g/mol. The Morgan fingerprint density at radius 3 is 2.23 bits per heavy atom. The molecule has 0 bridgehead atoms. The van der Waals surface area contributed by atoms with Crippen molar-refractivity contribution >= 4 is 23.0 Å². The molecule has 3 heterocycles. The SMILES string of the molecule is Cn1nc(C(F)(F)F)cc1C(=O)NCc1ccc(C(F)(F)F)c(Cc2nc3nc(OCC(F)F)c(C(=O)NC4CCC(C(F)(F)F)CC4)cc3[nH]2)c1. The number of aromatic amines is 1. The number of nitrogens with one attached hydrogen (secondary N) is 3. The molecule has 0 radical (unpaired) electrons. The van der Waals surface area contributed by atoms with Crippen molar-refractivity contribution in [3.05, 3.63) is 69.8 Å². The van der Waals surface area contributed by atoms with E-state index in [2.05, 4.69) is 30.7 Å². The molecule has 1 aliphatic rings. The number of halogens is 11. The van der Waals surface area contributed by atoms with Crippen LogP contribution in [0, 0.1) is 5.92 Å². The Balaban J connectivity index is 1.37. The Labute approximate surface area is 286 Å². The number of fused-ring (bicyclic) bond motifs is 1. The number of carbonyl (C=O) groups is 2. The van der Waals surface area contributed by atoms with Crippen LogP contribution in [0.15, 0.2) is 30.3 Å². The van der Waals surface area contributed by atoms with Gasteiger partial charge in [0.05, 0.1) is 17.0 Å². The van der Waals surface area contributed by atoms with E-state index in [0.717, 1.165) is 31.3 Å². The predicted molar refractivity (Wildman–Crippen MR) is 158 cm³/mol. The Hall–Kier alpha value is -4.98. The molecule has 282 valence electrons. The van der Waals surface area contributed by atoms with Gasteiger partial charge in [0.25, 0.3) is 18.2 Å². The summed E-state index contributed by atoms with van der Waals surface area (Å²) in [7, 11) is 1.11. The molecule has 4 aromatic rings. The molecule has 1 aliphatic carbocycles. The maximum atomic E-state index is 14.0. The highest BCUT2D eigenvalue weighted by Gasteiger charge is 2.42. The van der Waals surface area contributed by atoms with Crippen LogP contribution in [0.5, 0.6) is 5.88 Å². The van der Waals surface area contributed by atoms with Crippen molar-refractivity contribution in [2.24, 2.45) is 13.0 Å². The smallest absolute Gasteiger partial charge is 0.435 e. The lowest BCUT2D eigenvalue weighted by atomic mass is 9.85. The Morgan fingerprint density at radius 1 is 0.942 bits per heavy atom. The fourth-order valence-corrected chi connectivity index (χ4v) is 5.75. The minimum absolute atomic E-state index is 0.000378. The average Bonchev–Trinajstić information content (AvgIpc) is 3.63. The fraction of sp³-hybridized carbons (Fsp3) is 0.452. The molecule has 5 rings (SSSR count). The molecule has 0 spiro atoms. The van der Waals surface area contributed by atoms with E-state index in [4.69, 9.17) is 4.74 Å². The maximum Gasteiger partial charge on any atom is 0.435 e. The van der Waals surface area contributed by atoms with Crippen molar-refractivity contribution in [1.82, 2.24) is 35.4 Å². The lowest BCUT2D eigenvalue weighted by molar-refractivity contribution is -0.182. The number of alkyl halides is 11. The van der Waals surface area contributed by atoms with Gasteiger partial charge in [-0.25, -0.2) is 13.8 Å². The number of rotatable bonds is 10. The zero-order valence-electron chi connectivity index (χ0n) is 26.7. The Bertz CT molecular complexity index is 1930. The molecule has 1 aromatic carbocycles. The number of carbonyl (C=O) groups excluding carboxylic acids is 2. The predicted octanol–water partition coefficient (Wildman–Crippen LogP) is 6.74. The summed E-state index contributed by atoms with van der Waals surface area (Å²) in [6.45, 7) is -1.57. The van der Waals surface area contributed by atoms with E-state index in [9.17, 15) is 57.9 Å². The van der Waals surface area contributed by atoms with Crippen LogP contribution in [0.4, 0.5) is 48.3 Å². The fourth-order valence-electron chi connectivity index (χ4n) is 5.75. The molecule has 52 heavy (non-hydrogen) atoms. The molecule has 0 aliphatic heterocycles. The Morgan fingerprint density at radius 2 is 1.63 bits per heavy atom. The number of nitrogens with zero attached hydrogens (tertiary/aromatic N) is 4. The molecule has 21 heteroatoms. The molecular formula is C31H28F11N7O3.